The number of fused-ring (bicyclic) bond motifs is 1. The molecule has 0 fully saturated rings. The second kappa shape index (κ2) is 6.60. The number of amides is 2. The van der Waals surface area contributed by atoms with Gasteiger partial charge in [0.2, 0.25) is 0 Å². The van der Waals surface area contributed by atoms with Crippen LogP contribution in [0.15, 0.2) is 24.4 Å². The third kappa shape index (κ3) is 4.15. The van der Waals surface area contributed by atoms with Gasteiger partial charge in [0.1, 0.15) is 5.75 Å². The normalized spacial score (nSPS) is 11.3. The van der Waals surface area contributed by atoms with Crippen molar-refractivity contribution in [3.63, 3.8) is 0 Å². The van der Waals surface area contributed by atoms with Crippen LogP contribution in [0.3, 0.4) is 0 Å². The van der Waals surface area contributed by atoms with Gasteiger partial charge in [-0.05, 0) is 31.9 Å². The minimum Gasteiger partial charge on any atom is -0.482 e. The van der Waals surface area contributed by atoms with Crippen molar-refractivity contribution in [2.24, 2.45) is 0 Å². The molecule has 7 heteroatoms. The minimum atomic E-state index is -1.05. The van der Waals surface area contributed by atoms with Crippen molar-refractivity contribution in [1.29, 1.82) is 0 Å². The molecule has 0 radical (unpaired) electrons. The van der Waals surface area contributed by atoms with Gasteiger partial charge in [-0.1, -0.05) is 12.1 Å². The van der Waals surface area contributed by atoms with E-state index < -0.39 is 11.6 Å². The number of ether oxygens (including phenoxy) is 1. The van der Waals surface area contributed by atoms with Crippen molar-refractivity contribution in [2.75, 3.05) is 13.7 Å². The Balaban J connectivity index is 2.24. The number of para-hydroxylation sites is 1. The number of rotatable bonds is 6. The molecule has 7 nitrogen and oxygen atoms in total. The first kappa shape index (κ1) is 16.7. The molecule has 23 heavy (non-hydrogen) atoms. The molecular formula is C16H21N3O4. The molecule has 4 N–H and O–H groups in total. The molecule has 2 amide bonds. The predicted octanol–water partition coefficient (Wildman–Crippen LogP) is 1.88. The van der Waals surface area contributed by atoms with Crippen LogP contribution in [0.25, 0.3) is 10.9 Å². The van der Waals surface area contributed by atoms with E-state index in [0.29, 0.717) is 12.2 Å². The molecule has 2 aromatic rings. The van der Waals surface area contributed by atoms with Gasteiger partial charge >= 0.3 is 6.09 Å². The van der Waals surface area contributed by atoms with Crippen LogP contribution in [0.1, 0.15) is 19.4 Å². The van der Waals surface area contributed by atoms with Gasteiger partial charge in [-0.3, -0.25) is 4.79 Å². The first-order valence-corrected chi connectivity index (χ1v) is 7.26. The second-order valence-corrected chi connectivity index (χ2v) is 5.95. The molecule has 0 aliphatic heterocycles. The average molecular weight is 319 g/mol. The Bertz CT molecular complexity index is 721. The van der Waals surface area contributed by atoms with Crippen LogP contribution < -0.4 is 15.4 Å². The Hall–Kier alpha value is -2.70. The van der Waals surface area contributed by atoms with Crippen LogP contribution in [0.4, 0.5) is 4.79 Å². The van der Waals surface area contributed by atoms with Crippen molar-refractivity contribution in [1.82, 2.24) is 15.6 Å². The van der Waals surface area contributed by atoms with Crippen LogP contribution >= 0.6 is 0 Å². The Kier molecular flexibility index (Phi) is 4.78. The van der Waals surface area contributed by atoms with Gasteiger partial charge in [0.15, 0.2) is 6.61 Å². The van der Waals surface area contributed by atoms with Gasteiger partial charge in [-0.15, -0.1) is 0 Å². The maximum atomic E-state index is 11.3. The van der Waals surface area contributed by atoms with Gasteiger partial charge in [-0.25, -0.2) is 4.79 Å². The minimum absolute atomic E-state index is 0.0595. The highest BCUT2D eigenvalue weighted by Gasteiger charge is 2.22. The Morgan fingerprint density at radius 2 is 2.09 bits per heavy atom. The summed E-state index contributed by atoms with van der Waals surface area (Å²) in [6.07, 6.45) is 1.31. The number of carboxylic acid groups (broad SMARTS) is 1. The smallest absolute Gasteiger partial charge is 0.405 e. The Morgan fingerprint density at radius 3 is 2.74 bits per heavy atom. The lowest BCUT2D eigenvalue weighted by Gasteiger charge is -2.24. The number of hydrogen-bond acceptors (Lipinski definition) is 3. The van der Waals surface area contributed by atoms with E-state index in [0.717, 1.165) is 16.5 Å². The average Bonchev–Trinajstić information content (AvgIpc) is 2.86. The van der Waals surface area contributed by atoms with Crippen LogP contribution in [0.5, 0.6) is 5.75 Å². The number of nitrogens with one attached hydrogen (secondary N) is 3. The molecular weight excluding hydrogens is 298 g/mol. The summed E-state index contributed by atoms with van der Waals surface area (Å²) >= 11 is 0. The molecule has 2 rings (SSSR count). The number of likely N-dealkylation sites (N-methyl/N-ethyl adjacent to an activating group) is 1. The van der Waals surface area contributed by atoms with E-state index in [1.165, 1.54) is 0 Å². The largest absolute Gasteiger partial charge is 0.482 e. The summed E-state index contributed by atoms with van der Waals surface area (Å²) < 4.78 is 5.53. The summed E-state index contributed by atoms with van der Waals surface area (Å²) in [6.45, 7) is 3.59. The molecule has 0 spiro atoms. The lowest BCUT2D eigenvalue weighted by atomic mass is 9.95. The summed E-state index contributed by atoms with van der Waals surface area (Å²) in [5.41, 5.74) is 1.17. The van der Waals surface area contributed by atoms with Crippen LogP contribution in [-0.2, 0) is 11.2 Å². The predicted molar refractivity (Wildman–Crippen MR) is 86.8 cm³/mol. The molecule has 0 atom stereocenters. The first-order valence-electron chi connectivity index (χ1n) is 7.26. The van der Waals surface area contributed by atoms with Gasteiger partial charge in [0, 0.05) is 24.2 Å². The number of benzene rings is 1. The molecule has 0 unspecified atom stereocenters. The third-order valence-electron chi connectivity index (χ3n) is 3.48. The zero-order chi connectivity index (χ0) is 17.0. The highest BCUT2D eigenvalue weighted by Crippen LogP contribution is 2.29. The van der Waals surface area contributed by atoms with Crippen LogP contribution in [0.2, 0.25) is 0 Å². The molecule has 0 saturated heterocycles. The molecule has 1 aromatic heterocycles. The number of aromatic amines is 1. The maximum Gasteiger partial charge on any atom is 0.405 e. The van der Waals surface area contributed by atoms with Crippen molar-refractivity contribution < 1.29 is 19.4 Å². The van der Waals surface area contributed by atoms with E-state index in [2.05, 4.69) is 15.6 Å². The summed E-state index contributed by atoms with van der Waals surface area (Å²) in [5.74, 6) is 0.377. The van der Waals surface area contributed by atoms with Gasteiger partial charge in [-0.2, -0.15) is 0 Å². The summed E-state index contributed by atoms with van der Waals surface area (Å²) in [6, 6.07) is 5.56. The fraction of sp³-hybridized carbons (Fsp3) is 0.375. The maximum absolute atomic E-state index is 11.3. The van der Waals surface area contributed by atoms with Crippen molar-refractivity contribution in [3.05, 3.63) is 30.0 Å². The summed E-state index contributed by atoms with van der Waals surface area (Å²) in [5, 5.41) is 14.9. The van der Waals surface area contributed by atoms with E-state index in [9.17, 15) is 9.59 Å². The zero-order valence-corrected chi connectivity index (χ0v) is 13.4. The fourth-order valence-corrected chi connectivity index (χ4v) is 2.48. The van der Waals surface area contributed by atoms with Crippen molar-refractivity contribution >= 4 is 22.9 Å². The number of carbonyl (C=O) groups excluding carboxylic acids is 1. The monoisotopic (exact) mass is 319 g/mol. The molecule has 124 valence electrons. The summed E-state index contributed by atoms with van der Waals surface area (Å²) in [7, 11) is 1.55. The van der Waals surface area contributed by atoms with Gasteiger partial charge in [0.05, 0.1) is 5.52 Å². The zero-order valence-electron chi connectivity index (χ0n) is 13.4. The standard InChI is InChI=1S/C16H21N3O4/c1-16(2,19-15(21)22)7-10-8-18-14-11(10)5-4-6-12(14)23-9-13(20)17-3/h4-6,8,18-19H,7,9H2,1-3H3,(H,17,20)(H,21,22). The van der Waals surface area contributed by atoms with Crippen molar-refractivity contribution in [3.8, 4) is 5.75 Å². The molecule has 1 aromatic carbocycles. The van der Waals surface area contributed by atoms with Gasteiger partial charge in [0.25, 0.3) is 5.91 Å². The molecule has 0 bridgehead atoms. The van der Waals surface area contributed by atoms with Crippen LogP contribution in [-0.4, -0.2) is 41.3 Å². The Morgan fingerprint density at radius 1 is 1.35 bits per heavy atom. The number of carbonyl (C=O) groups is 2. The van der Waals surface area contributed by atoms with Crippen LogP contribution in [0, 0.1) is 0 Å². The number of H-pyrrole nitrogens is 1. The van der Waals surface area contributed by atoms with E-state index in [1.54, 1.807) is 13.1 Å². The van der Waals surface area contributed by atoms with Gasteiger partial charge < -0.3 is 25.5 Å². The lowest BCUT2D eigenvalue weighted by Crippen LogP contribution is -2.44. The fourth-order valence-electron chi connectivity index (χ4n) is 2.48. The van der Waals surface area contributed by atoms with E-state index >= 15 is 0 Å². The molecule has 0 saturated carbocycles. The third-order valence-corrected chi connectivity index (χ3v) is 3.48. The lowest BCUT2D eigenvalue weighted by molar-refractivity contribution is -0.122. The van der Waals surface area contributed by atoms with E-state index in [4.69, 9.17) is 9.84 Å². The molecule has 0 aliphatic carbocycles. The highest BCUT2D eigenvalue weighted by atomic mass is 16.5. The molecule has 1 heterocycles. The molecule has 0 aliphatic rings. The first-order chi connectivity index (χ1) is 10.8. The van der Waals surface area contributed by atoms with Crippen molar-refractivity contribution in [2.45, 2.75) is 25.8 Å². The summed E-state index contributed by atoms with van der Waals surface area (Å²) in [4.78, 5) is 25.3. The topological polar surface area (TPSA) is 103 Å². The Labute approximate surface area is 134 Å². The highest BCUT2D eigenvalue weighted by molar-refractivity contribution is 5.89. The number of aromatic nitrogens is 1. The quantitative estimate of drug-likeness (QED) is 0.652. The number of hydrogen-bond donors (Lipinski definition) is 4. The van der Waals surface area contributed by atoms with E-state index in [1.807, 2.05) is 32.2 Å². The SMILES string of the molecule is CNC(=O)COc1cccc2c(CC(C)(C)NC(=O)O)c[nH]c12. The second-order valence-electron chi connectivity index (χ2n) is 5.95. The van der Waals surface area contributed by atoms with E-state index in [-0.39, 0.29) is 12.5 Å².